The van der Waals surface area contributed by atoms with Crippen LogP contribution in [-0.4, -0.2) is 63.5 Å². The highest BCUT2D eigenvalue weighted by Crippen LogP contribution is 2.47. The summed E-state index contributed by atoms with van der Waals surface area (Å²) in [6, 6.07) is 1.43. The number of carbonyl (C=O) groups excluding carboxylic acids is 4. The maximum Gasteiger partial charge on any atom is 0.350 e. The number of rotatable bonds is 7. The van der Waals surface area contributed by atoms with Gasteiger partial charge >= 0.3 is 5.97 Å². The number of carbonyl (C=O) groups is 4. The second-order valence-corrected chi connectivity index (χ2v) is 7.23. The molecule has 1 N–H and O–H groups in total. The number of hydrogen-bond acceptors (Lipinski definition) is 10. The van der Waals surface area contributed by atoms with E-state index in [-0.39, 0.29) is 38.5 Å². The summed E-state index contributed by atoms with van der Waals surface area (Å²) in [5, 5.41) is 2.68. The van der Waals surface area contributed by atoms with E-state index < -0.39 is 30.1 Å². The molecule has 2 aromatic rings. The largest absolute Gasteiger partial charge is 0.493 e. The summed E-state index contributed by atoms with van der Waals surface area (Å²) in [4.78, 5) is 54.8. The van der Waals surface area contributed by atoms with Gasteiger partial charge in [0.2, 0.25) is 11.7 Å². The van der Waals surface area contributed by atoms with Crippen LogP contribution in [0.3, 0.4) is 0 Å². The standard InChI is InChI=1S/C19H19N3O8S/c1-8-16(18(26)30-5)31-19(20-8)21-11(23)7-22-9-6-10(27-2)14(28-3)15(29-4)12(9)13(24)17(22)25/h6H,7H2,1-5H3,(H,20,21,23). The molecular weight excluding hydrogens is 430 g/mol. The van der Waals surface area contributed by atoms with Crippen LogP contribution in [0.4, 0.5) is 10.8 Å². The molecule has 12 heteroatoms. The van der Waals surface area contributed by atoms with Gasteiger partial charge in [-0.25, -0.2) is 9.78 Å². The highest BCUT2D eigenvalue weighted by molar-refractivity contribution is 7.17. The van der Waals surface area contributed by atoms with Gasteiger partial charge in [-0.3, -0.25) is 19.3 Å². The number of ketones is 1. The molecule has 0 atom stereocenters. The molecule has 1 aromatic carbocycles. The van der Waals surface area contributed by atoms with Crippen LogP contribution in [0.2, 0.25) is 0 Å². The molecule has 2 amide bonds. The zero-order valence-electron chi connectivity index (χ0n) is 17.4. The quantitative estimate of drug-likeness (QED) is 0.492. The van der Waals surface area contributed by atoms with Crippen molar-refractivity contribution in [3.05, 3.63) is 22.2 Å². The molecule has 0 fully saturated rings. The van der Waals surface area contributed by atoms with E-state index >= 15 is 0 Å². The van der Waals surface area contributed by atoms with Crippen molar-refractivity contribution in [3.63, 3.8) is 0 Å². The van der Waals surface area contributed by atoms with Gasteiger partial charge in [-0.1, -0.05) is 11.3 Å². The van der Waals surface area contributed by atoms with Crippen LogP contribution in [0.1, 0.15) is 25.7 Å². The minimum Gasteiger partial charge on any atom is -0.493 e. The first kappa shape index (κ1) is 22.0. The van der Waals surface area contributed by atoms with Crippen LogP contribution in [0.15, 0.2) is 6.07 Å². The lowest BCUT2D eigenvalue weighted by Crippen LogP contribution is -2.37. The zero-order valence-corrected chi connectivity index (χ0v) is 18.2. The van der Waals surface area contributed by atoms with Gasteiger partial charge in [-0.15, -0.1) is 0 Å². The molecule has 0 radical (unpaired) electrons. The zero-order chi connectivity index (χ0) is 22.9. The number of nitrogens with one attached hydrogen (secondary N) is 1. The minimum absolute atomic E-state index is 0.0176. The number of aromatic nitrogens is 1. The Bertz CT molecular complexity index is 1090. The molecule has 0 saturated heterocycles. The second kappa shape index (κ2) is 8.60. The number of esters is 1. The summed E-state index contributed by atoms with van der Waals surface area (Å²) in [7, 11) is 5.33. The average molecular weight is 449 g/mol. The van der Waals surface area contributed by atoms with Crippen molar-refractivity contribution in [3.8, 4) is 17.2 Å². The predicted octanol–water partition coefficient (Wildman–Crippen LogP) is 1.43. The summed E-state index contributed by atoms with van der Waals surface area (Å²) < 4.78 is 20.5. The lowest BCUT2D eigenvalue weighted by Gasteiger charge is -2.19. The number of aryl methyl sites for hydroxylation is 1. The smallest absolute Gasteiger partial charge is 0.350 e. The molecule has 31 heavy (non-hydrogen) atoms. The number of nitrogens with zero attached hydrogens (tertiary/aromatic N) is 2. The fraction of sp³-hybridized carbons (Fsp3) is 0.316. The Morgan fingerprint density at radius 1 is 1.10 bits per heavy atom. The van der Waals surface area contributed by atoms with Crippen LogP contribution in [0.25, 0.3) is 0 Å². The van der Waals surface area contributed by atoms with E-state index in [1.54, 1.807) is 6.92 Å². The van der Waals surface area contributed by atoms with Gasteiger partial charge in [0.1, 0.15) is 11.4 Å². The highest BCUT2D eigenvalue weighted by atomic mass is 32.1. The van der Waals surface area contributed by atoms with Crippen LogP contribution >= 0.6 is 11.3 Å². The highest BCUT2D eigenvalue weighted by Gasteiger charge is 2.42. The van der Waals surface area contributed by atoms with Crippen LogP contribution in [-0.2, 0) is 14.3 Å². The first-order valence-corrected chi connectivity index (χ1v) is 9.63. The van der Waals surface area contributed by atoms with Crippen molar-refractivity contribution in [2.24, 2.45) is 0 Å². The maximum absolute atomic E-state index is 12.6. The van der Waals surface area contributed by atoms with E-state index in [0.717, 1.165) is 16.2 Å². The average Bonchev–Trinajstić information content (AvgIpc) is 3.23. The summed E-state index contributed by atoms with van der Waals surface area (Å²) in [5.74, 6) is -2.50. The molecule has 1 aromatic heterocycles. The van der Waals surface area contributed by atoms with Gasteiger partial charge in [0.25, 0.3) is 11.7 Å². The first-order valence-electron chi connectivity index (χ1n) is 8.82. The number of fused-ring (bicyclic) bond motifs is 1. The number of amides is 2. The molecule has 1 aliphatic heterocycles. The van der Waals surface area contributed by atoms with Crippen LogP contribution in [0, 0.1) is 6.92 Å². The summed E-state index contributed by atoms with van der Waals surface area (Å²) in [6.45, 7) is 1.13. The third-order valence-electron chi connectivity index (χ3n) is 4.48. The van der Waals surface area contributed by atoms with Gasteiger partial charge in [0, 0.05) is 6.07 Å². The Morgan fingerprint density at radius 2 is 1.77 bits per heavy atom. The van der Waals surface area contributed by atoms with E-state index in [2.05, 4.69) is 15.0 Å². The SMILES string of the molecule is COC(=O)c1sc(NC(=O)CN2C(=O)C(=O)c3c2cc(OC)c(OC)c3OC)nc1C. The molecule has 2 heterocycles. The van der Waals surface area contributed by atoms with Crippen molar-refractivity contribution < 1.29 is 38.1 Å². The van der Waals surface area contributed by atoms with Crippen molar-refractivity contribution in [1.82, 2.24) is 4.98 Å². The number of anilines is 2. The Kier molecular flexibility index (Phi) is 6.11. The normalized spacial score (nSPS) is 12.5. The molecule has 0 aliphatic carbocycles. The number of hydrogen-bond donors (Lipinski definition) is 1. The molecule has 3 rings (SSSR count). The summed E-state index contributed by atoms with van der Waals surface area (Å²) in [5.41, 5.74) is 0.535. The lowest BCUT2D eigenvalue weighted by atomic mass is 10.1. The third-order valence-corrected chi connectivity index (χ3v) is 5.53. The fourth-order valence-corrected chi connectivity index (χ4v) is 4.01. The van der Waals surface area contributed by atoms with E-state index in [0.29, 0.717) is 5.69 Å². The topological polar surface area (TPSA) is 133 Å². The molecule has 11 nitrogen and oxygen atoms in total. The van der Waals surface area contributed by atoms with Crippen molar-refractivity contribution in [1.29, 1.82) is 0 Å². The number of methoxy groups -OCH3 is 4. The Morgan fingerprint density at radius 3 is 2.35 bits per heavy atom. The second-order valence-electron chi connectivity index (χ2n) is 6.23. The van der Waals surface area contributed by atoms with Gasteiger partial charge in [0.05, 0.1) is 45.4 Å². The van der Waals surface area contributed by atoms with Gasteiger partial charge < -0.3 is 24.3 Å². The summed E-state index contributed by atoms with van der Waals surface area (Å²) >= 11 is 0.938. The van der Waals surface area contributed by atoms with Crippen LogP contribution in [0.5, 0.6) is 17.2 Å². The lowest BCUT2D eigenvalue weighted by molar-refractivity contribution is -0.118. The molecule has 0 spiro atoms. The van der Waals surface area contributed by atoms with E-state index in [4.69, 9.17) is 14.2 Å². The number of ether oxygens (including phenoxy) is 4. The van der Waals surface area contributed by atoms with E-state index in [9.17, 15) is 19.2 Å². The Labute approximate surface area is 180 Å². The van der Waals surface area contributed by atoms with Crippen molar-refractivity contribution >= 4 is 45.7 Å². The van der Waals surface area contributed by atoms with E-state index in [1.807, 2.05) is 0 Å². The summed E-state index contributed by atoms with van der Waals surface area (Å²) in [6.07, 6.45) is 0. The number of thiazole rings is 1. The predicted molar refractivity (Wildman–Crippen MR) is 110 cm³/mol. The number of benzene rings is 1. The van der Waals surface area contributed by atoms with Crippen LogP contribution < -0.4 is 24.4 Å². The maximum atomic E-state index is 12.6. The molecule has 0 saturated carbocycles. The van der Waals surface area contributed by atoms with Gasteiger partial charge in [-0.05, 0) is 6.92 Å². The molecule has 1 aliphatic rings. The Hall–Kier alpha value is -3.67. The monoisotopic (exact) mass is 449 g/mol. The molecular formula is C19H19N3O8S. The molecule has 0 unspecified atom stereocenters. The third kappa shape index (κ3) is 3.77. The minimum atomic E-state index is -0.899. The van der Waals surface area contributed by atoms with E-state index in [1.165, 1.54) is 34.5 Å². The molecule has 164 valence electrons. The Balaban J connectivity index is 1.90. The van der Waals surface area contributed by atoms with Gasteiger partial charge in [-0.2, -0.15) is 0 Å². The number of Topliss-reactive ketones (excluding diaryl/α,β-unsaturated/α-hetero) is 1. The van der Waals surface area contributed by atoms with Gasteiger partial charge in [0.15, 0.2) is 16.6 Å². The van der Waals surface area contributed by atoms with Crippen molar-refractivity contribution in [2.75, 3.05) is 45.2 Å². The van der Waals surface area contributed by atoms with Crippen molar-refractivity contribution in [2.45, 2.75) is 6.92 Å². The first-order chi connectivity index (χ1) is 14.8. The molecule has 0 bridgehead atoms. The fourth-order valence-electron chi connectivity index (χ4n) is 3.11.